The summed E-state index contributed by atoms with van der Waals surface area (Å²) in [7, 11) is 0. The standard InChI is InChI=1S/C24H34N4O4S2/c1-4-6-16-15(3)33-21(20(16)23(29)32-5-2)27-24(30)26-13-18-17-7-8-25-14-19(17)34-22(18)28-9-11-31-12-10-28/h25H,4-14H2,1-3H3,(H2,26,27,30). The summed E-state index contributed by atoms with van der Waals surface area (Å²) in [6, 6.07) is -0.309. The molecule has 0 aliphatic carbocycles. The predicted octanol–water partition coefficient (Wildman–Crippen LogP) is 4.05. The summed E-state index contributed by atoms with van der Waals surface area (Å²) in [5.41, 5.74) is 4.03. The molecule has 0 saturated carbocycles. The molecule has 8 nitrogen and oxygen atoms in total. The van der Waals surface area contributed by atoms with E-state index in [1.807, 2.05) is 18.3 Å². The predicted molar refractivity (Wildman–Crippen MR) is 138 cm³/mol. The Morgan fingerprint density at radius 1 is 1.18 bits per heavy atom. The number of aryl methyl sites for hydroxylation is 1. The topological polar surface area (TPSA) is 91.9 Å². The first-order valence-corrected chi connectivity index (χ1v) is 13.7. The van der Waals surface area contributed by atoms with Crippen LogP contribution in [-0.4, -0.2) is 51.5 Å². The van der Waals surface area contributed by atoms with Crippen LogP contribution in [0.25, 0.3) is 0 Å². The Hall–Kier alpha value is -2.14. The van der Waals surface area contributed by atoms with Crippen LogP contribution in [0.4, 0.5) is 14.8 Å². The van der Waals surface area contributed by atoms with Gasteiger partial charge in [0.1, 0.15) is 5.00 Å². The van der Waals surface area contributed by atoms with Gasteiger partial charge >= 0.3 is 12.0 Å². The first-order valence-electron chi connectivity index (χ1n) is 12.0. The van der Waals surface area contributed by atoms with E-state index in [-0.39, 0.29) is 12.0 Å². The molecule has 10 heteroatoms. The van der Waals surface area contributed by atoms with Crippen molar-refractivity contribution in [3.05, 3.63) is 32.0 Å². The Balaban J connectivity index is 1.51. The van der Waals surface area contributed by atoms with E-state index in [1.54, 1.807) is 6.92 Å². The molecule has 0 spiro atoms. The number of nitrogens with zero attached hydrogens (tertiary/aromatic N) is 1. The third kappa shape index (κ3) is 5.40. The molecule has 0 radical (unpaired) electrons. The number of urea groups is 1. The molecule has 2 aromatic heterocycles. The average molecular weight is 507 g/mol. The number of nitrogens with one attached hydrogen (secondary N) is 3. The van der Waals surface area contributed by atoms with E-state index in [9.17, 15) is 9.59 Å². The average Bonchev–Trinajstić information content (AvgIpc) is 3.36. The van der Waals surface area contributed by atoms with Gasteiger partial charge in [-0.15, -0.1) is 22.7 Å². The smallest absolute Gasteiger partial charge is 0.341 e. The van der Waals surface area contributed by atoms with Crippen LogP contribution < -0.4 is 20.9 Å². The Kier molecular flexibility index (Phi) is 8.46. The van der Waals surface area contributed by atoms with E-state index in [1.165, 1.54) is 32.3 Å². The van der Waals surface area contributed by atoms with Crippen LogP contribution in [-0.2, 0) is 35.4 Å². The molecule has 1 fully saturated rings. The second-order valence-electron chi connectivity index (χ2n) is 8.43. The Morgan fingerprint density at radius 3 is 2.71 bits per heavy atom. The van der Waals surface area contributed by atoms with Gasteiger partial charge < -0.3 is 25.0 Å². The number of carbonyl (C=O) groups excluding carboxylic acids is 2. The Labute approximate surface area is 209 Å². The Morgan fingerprint density at radius 2 is 1.97 bits per heavy atom. The van der Waals surface area contributed by atoms with Crippen LogP contribution >= 0.6 is 22.7 Å². The molecule has 0 unspecified atom stereocenters. The van der Waals surface area contributed by atoms with Crippen molar-refractivity contribution in [1.82, 2.24) is 10.6 Å². The van der Waals surface area contributed by atoms with Crippen molar-refractivity contribution in [1.29, 1.82) is 0 Å². The van der Waals surface area contributed by atoms with E-state index in [2.05, 4.69) is 27.8 Å². The lowest BCUT2D eigenvalue weighted by Gasteiger charge is -2.29. The minimum absolute atomic E-state index is 0.299. The van der Waals surface area contributed by atoms with Crippen molar-refractivity contribution in [2.45, 2.75) is 53.1 Å². The quantitative estimate of drug-likeness (QED) is 0.468. The minimum Gasteiger partial charge on any atom is -0.462 e. The number of amides is 2. The maximum Gasteiger partial charge on any atom is 0.341 e. The summed E-state index contributed by atoms with van der Waals surface area (Å²) < 4.78 is 10.8. The van der Waals surface area contributed by atoms with Gasteiger partial charge in [-0.05, 0) is 44.4 Å². The highest BCUT2D eigenvalue weighted by Gasteiger charge is 2.26. The van der Waals surface area contributed by atoms with E-state index in [4.69, 9.17) is 9.47 Å². The lowest BCUT2D eigenvalue weighted by molar-refractivity contribution is 0.0527. The Bertz CT molecular complexity index is 1030. The van der Waals surface area contributed by atoms with Gasteiger partial charge in [0.15, 0.2) is 0 Å². The number of esters is 1. The molecule has 2 aliphatic rings. The summed E-state index contributed by atoms with van der Waals surface area (Å²) in [6.45, 7) is 11.6. The zero-order valence-electron chi connectivity index (χ0n) is 20.2. The van der Waals surface area contributed by atoms with Gasteiger partial charge in [-0.3, -0.25) is 5.32 Å². The van der Waals surface area contributed by atoms with Gasteiger partial charge in [0.05, 0.1) is 30.4 Å². The van der Waals surface area contributed by atoms with E-state index in [0.29, 0.717) is 23.7 Å². The molecule has 186 valence electrons. The molecule has 2 amide bonds. The fraction of sp³-hybridized carbons (Fsp3) is 0.583. The van der Waals surface area contributed by atoms with E-state index in [0.717, 1.165) is 69.1 Å². The van der Waals surface area contributed by atoms with Crippen molar-refractivity contribution in [3.8, 4) is 0 Å². The van der Waals surface area contributed by atoms with E-state index >= 15 is 0 Å². The number of fused-ring (bicyclic) bond motifs is 1. The number of anilines is 2. The number of hydrogen-bond donors (Lipinski definition) is 3. The molecule has 0 atom stereocenters. The second kappa shape index (κ2) is 11.5. The largest absolute Gasteiger partial charge is 0.462 e. The van der Waals surface area contributed by atoms with Gasteiger partial charge in [0, 0.05) is 41.5 Å². The number of thiophene rings is 2. The first kappa shape index (κ1) is 25.0. The number of carbonyl (C=O) groups is 2. The van der Waals surface area contributed by atoms with E-state index < -0.39 is 0 Å². The minimum atomic E-state index is -0.375. The summed E-state index contributed by atoms with van der Waals surface area (Å²) in [5, 5.41) is 11.2. The number of ether oxygens (including phenoxy) is 2. The van der Waals surface area contributed by atoms with Crippen LogP contribution in [0.15, 0.2) is 0 Å². The molecule has 1 saturated heterocycles. The molecule has 3 N–H and O–H groups in total. The SMILES string of the molecule is CCCc1c(C)sc(NC(=O)NCc2c(N3CCOCC3)sc3c2CCNC3)c1C(=O)OCC. The van der Waals surface area contributed by atoms with Crippen molar-refractivity contribution in [2.75, 3.05) is 49.7 Å². The molecule has 2 aliphatic heterocycles. The van der Waals surface area contributed by atoms with Gasteiger partial charge in [0.2, 0.25) is 0 Å². The highest BCUT2D eigenvalue weighted by Crippen LogP contribution is 2.38. The third-order valence-electron chi connectivity index (χ3n) is 6.16. The maximum absolute atomic E-state index is 13.0. The van der Waals surface area contributed by atoms with Gasteiger partial charge in [-0.1, -0.05) is 13.3 Å². The van der Waals surface area contributed by atoms with Crippen LogP contribution in [0.5, 0.6) is 0 Å². The monoisotopic (exact) mass is 506 g/mol. The lowest BCUT2D eigenvalue weighted by Crippen LogP contribution is -2.37. The van der Waals surface area contributed by atoms with Crippen LogP contribution in [0, 0.1) is 6.92 Å². The summed E-state index contributed by atoms with van der Waals surface area (Å²) in [5.74, 6) is -0.375. The van der Waals surface area contributed by atoms with Crippen LogP contribution in [0.1, 0.15) is 57.1 Å². The molecular formula is C24H34N4O4S2. The van der Waals surface area contributed by atoms with Gasteiger partial charge in [-0.2, -0.15) is 0 Å². The molecule has 4 heterocycles. The summed E-state index contributed by atoms with van der Waals surface area (Å²) >= 11 is 3.26. The number of morpholine rings is 1. The number of hydrogen-bond acceptors (Lipinski definition) is 8. The molecule has 34 heavy (non-hydrogen) atoms. The zero-order valence-corrected chi connectivity index (χ0v) is 21.8. The first-order chi connectivity index (χ1) is 16.5. The highest BCUT2D eigenvalue weighted by atomic mass is 32.1. The summed E-state index contributed by atoms with van der Waals surface area (Å²) in [6.07, 6.45) is 2.65. The summed E-state index contributed by atoms with van der Waals surface area (Å²) in [4.78, 5) is 30.4. The van der Waals surface area contributed by atoms with Crippen LogP contribution in [0.3, 0.4) is 0 Å². The van der Waals surface area contributed by atoms with Crippen molar-refractivity contribution < 1.29 is 19.1 Å². The normalized spacial score (nSPS) is 15.7. The zero-order chi connectivity index (χ0) is 24.1. The highest BCUT2D eigenvalue weighted by molar-refractivity contribution is 7.17. The van der Waals surface area contributed by atoms with Crippen molar-refractivity contribution in [2.24, 2.45) is 0 Å². The van der Waals surface area contributed by atoms with Gasteiger partial charge in [-0.25, -0.2) is 9.59 Å². The molecule has 4 rings (SSSR count). The maximum atomic E-state index is 13.0. The van der Waals surface area contributed by atoms with Crippen LogP contribution in [0.2, 0.25) is 0 Å². The lowest BCUT2D eigenvalue weighted by atomic mass is 10.0. The number of rotatable bonds is 8. The fourth-order valence-electron chi connectivity index (χ4n) is 4.54. The third-order valence-corrected chi connectivity index (χ3v) is 8.55. The molecule has 2 aromatic rings. The molecule has 0 bridgehead atoms. The fourth-order valence-corrected chi connectivity index (χ4v) is 7.01. The molecular weight excluding hydrogens is 472 g/mol. The van der Waals surface area contributed by atoms with Crippen molar-refractivity contribution >= 4 is 44.7 Å². The van der Waals surface area contributed by atoms with Crippen molar-refractivity contribution in [3.63, 3.8) is 0 Å². The van der Waals surface area contributed by atoms with Gasteiger partial charge in [0.25, 0.3) is 0 Å². The second-order valence-corrected chi connectivity index (χ2v) is 10.7. The molecule has 0 aromatic carbocycles.